The summed E-state index contributed by atoms with van der Waals surface area (Å²) in [6, 6.07) is 8.91. The molecule has 1 aromatic rings. The Morgan fingerprint density at radius 2 is 1.90 bits per heavy atom. The van der Waals surface area contributed by atoms with Gasteiger partial charge in [0.2, 0.25) is 5.91 Å². The highest BCUT2D eigenvalue weighted by Gasteiger charge is 2.21. The monoisotopic (exact) mass is 275 g/mol. The number of amides is 1. The first-order valence-corrected chi connectivity index (χ1v) is 6.61. The summed E-state index contributed by atoms with van der Waals surface area (Å²) in [5.74, 6) is -2.01. The van der Waals surface area contributed by atoms with Gasteiger partial charge in [0.1, 0.15) is 0 Å². The SMILES string of the molecule is C=C(C)CC(C)C(=O)NCC(C(=O)O)c1ccccc1. The van der Waals surface area contributed by atoms with Gasteiger partial charge in [-0.25, -0.2) is 0 Å². The second-order valence-electron chi connectivity index (χ2n) is 5.11. The maximum atomic E-state index is 11.9. The van der Waals surface area contributed by atoms with Crippen LogP contribution in [-0.2, 0) is 9.59 Å². The Morgan fingerprint density at radius 1 is 1.30 bits per heavy atom. The molecular formula is C16H21NO3. The molecule has 1 rings (SSSR count). The van der Waals surface area contributed by atoms with Crippen LogP contribution in [0, 0.1) is 5.92 Å². The number of carbonyl (C=O) groups excluding carboxylic acids is 1. The molecule has 0 fully saturated rings. The molecule has 1 aromatic carbocycles. The van der Waals surface area contributed by atoms with Crippen molar-refractivity contribution in [1.29, 1.82) is 0 Å². The molecule has 4 nitrogen and oxygen atoms in total. The van der Waals surface area contributed by atoms with E-state index in [1.54, 1.807) is 24.3 Å². The first-order valence-electron chi connectivity index (χ1n) is 6.61. The highest BCUT2D eigenvalue weighted by molar-refractivity contribution is 5.81. The molecule has 0 radical (unpaired) electrons. The number of carboxylic acids is 1. The third-order valence-corrected chi connectivity index (χ3v) is 3.08. The predicted molar refractivity (Wildman–Crippen MR) is 78.4 cm³/mol. The van der Waals surface area contributed by atoms with Crippen LogP contribution in [0.4, 0.5) is 0 Å². The topological polar surface area (TPSA) is 66.4 Å². The molecular weight excluding hydrogens is 254 g/mol. The summed E-state index contributed by atoms with van der Waals surface area (Å²) in [5, 5.41) is 12.0. The fraction of sp³-hybridized carbons (Fsp3) is 0.375. The van der Waals surface area contributed by atoms with E-state index in [0.717, 1.165) is 5.57 Å². The maximum Gasteiger partial charge on any atom is 0.312 e. The van der Waals surface area contributed by atoms with Gasteiger partial charge in [-0.2, -0.15) is 0 Å². The molecule has 2 atom stereocenters. The summed E-state index contributed by atoms with van der Waals surface area (Å²) in [6.45, 7) is 7.55. The molecule has 0 aromatic heterocycles. The molecule has 0 spiro atoms. The maximum absolute atomic E-state index is 11.9. The molecule has 108 valence electrons. The quantitative estimate of drug-likeness (QED) is 0.752. The van der Waals surface area contributed by atoms with E-state index < -0.39 is 11.9 Å². The van der Waals surface area contributed by atoms with Gasteiger partial charge in [-0.05, 0) is 18.9 Å². The minimum absolute atomic E-state index is 0.0959. The van der Waals surface area contributed by atoms with Crippen LogP contribution >= 0.6 is 0 Å². The van der Waals surface area contributed by atoms with Gasteiger partial charge < -0.3 is 10.4 Å². The molecule has 2 N–H and O–H groups in total. The zero-order valence-electron chi connectivity index (χ0n) is 11.9. The Balaban J connectivity index is 2.63. The van der Waals surface area contributed by atoms with E-state index in [0.29, 0.717) is 12.0 Å². The van der Waals surface area contributed by atoms with Gasteiger partial charge in [-0.15, -0.1) is 6.58 Å². The first-order chi connectivity index (χ1) is 9.41. The van der Waals surface area contributed by atoms with E-state index >= 15 is 0 Å². The van der Waals surface area contributed by atoms with Crippen LogP contribution in [0.15, 0.2) is 42.5 Å². The number of aliphatic carboxylic acids is 1. The fourth-order valence-corrected chi connectivity index (χ4v) is 2.03. The summed E-state index contributed by atoms with van der Waals surface area (Å²) in [5.41, 5.74) is 1.62. The van der Waals surface area contributed by atoms with Gasteiger partial charge >= 0.3 is 5.97 Å². The van der Waals surface area contributed by atoms with E-state index in [2.05, 4.69) is 11.9 Å². The van der Waals surface area contributed by atoms with E-state index in [4.69, 9.17) is 0 Å². The normalized spacial score (nSPS) is 13.3. The smallest absolute Gasteiger partial charge is 0.312 e. The molecule has 1 amide bonds. The molecule has 0 aliphatic carbocycles. The highest BCUT2D eigenvalue weighted by atomic mass is 16.4. The number of allylic oxidation sites excluding steroid dienone is 1. The number of carboxylic acid groups (broad SMARTS) is 1. The zero-order valence-corrected chi connectivity index (χ0v) is 11.9. The molecule has 2 unspecified atom stereocenters. The van der Waals surface area contributed by atoms with Crippen molar-refractivity contribution in [1.82, 2.24) is 5.32 Å². The Labute approximate surface area is 119 Å². The summed E-state index contributed by atoms with van der Waals surface area (Å²) in [7, 11) is 0. The average Bonchev–Trinajstić information content (AvgIpc) is 2.38. The van der Waals surface area contributed by atoms with Gasteiger partial charge in [-0.1, -0.05) is 42.8 Å². The van der Waals surface area contributed by atoms with Crippen molar-refractivity contribution in [3.8, 4) is 0 Å². The van der Waals surface area contributed by atoms with Crippen LogP contribution in [0.2, 0.25) is 0 Å². The van der Waals surface area contributed by atoms with E-state index in [1.165, 1.54) is 0 Å². The summed E-state index contributed by atoms with van der Waals surface area (Å²) in [4.78, 5) is 23.2. The number of benzene rings is 1. The Kier molecular flexibility index (Phi) is 5.97. The lowest BCUT2D eigenvalue weighted by atomic mass is 9.98. The lowest BCUT2D eigenvalue weighted by Gasteiger charge is -2.16. The van der Waals surface area contributed by atoms with Crippen LogP contribution in [0.1, 0.15) is 31.7 Å². The molecule has 0 saturated heterocycles. The second-order valence-corrected chi connectivity index (χ2v) is 5.11. The minimum Gasteiger partial charge on any atom is -0.481 e. The largest absolute Gasteiger partial charge is 0.481 e. The second kappa shape index (κ2) is 7.48. The molecule has 0 bridgehead atoms. The third-order valence-electron chi connectivity index (χ3n) is 3.08. The number of rotatable bonds is 7. The standard InChI is InChI=1S/C16H21NO3/c1-11(2)9-12(3)15(18)17-10-14(16(19)20)13-7-5-4-6-8-13/h4-8,12,14H,1,9-10H2,2-3H3,(H,17,18)(H,19,20). The van der Waals surface area contributed by atoms with Crippen molar-refractivity contribution in [3.63, 3.8) is 0 Å². The number of hydrogen-bond acceptors (Lipinski definition) is 2. The molecule has 4 heteroatoms. The summed E-state index contributed by atoms with van der Waals surface area (Å²) >= 11 is 0. The number of nitrogens with one attached hydrogen (secondary N) is 1. The fourth-order valence-electron chi connectivity index (χ4n) is 2.03. The van der Waals surface area contributed by atoms with Crippen LogP contribution < -0.4 is 5.32 Å². The van der Waals surface area contributed by atoms with Crippen molar-refractivity contribution in [3.05, 3.63) is 48.0 Å². The van der Waals surface area contributed by atoms with Crippen molar-refractivity contribution in [2.45, 2.75) is 26.2 Å². The molecule has 20 heavy (non-hydrogen) atoms. The van der Waals surface area contributed by atoms with Gasteiger partial charge in [0.15, 0.2) is 0 Å². The van der Waals surface area contributed by atoms with Crippen molar-refractivity contribution in [2.75, 3.05) is 6.54 Å². The third kappa shape index (κ3) is 4.88. The van der Waals surface area contributed by atoms with Crippen molar-refractivity contribution >= 4 is 11.9 Å². The molecule has 0 heterocycles. The number of hydrogen-bond donors (Lipinski definition) is 2. The van der Waals surface area contributed by atoms with Gasteiger partial charge in [-0.3, -0.25) is 9.59 Å². The van der Waals surface area contributed by atoms with Crippen LogP contribution in [0.5, 0.6) is 0 Å². The van der Waals surface area contributed by atoms with Crippen LogP contribution in [-0.4, -0.2) is 23.5 Å². The van der Waals surface area contributed by atoms with E-state index in [1.807, 2.05) is 19.9 Å². The molecule has 0 saturated carbocycles. The average molecular weight is 275 g/mol. The summed E-state index contributed by atoms with van der Waals surface area (Å²) in [6.07, 6.45) is 0.606. The van der Waals surface area contributed by atoms with E-state index in [-0.39, 0.29) is 18.4 Å². The minimum atomic E-state index is -0.941. The number of carbonyl (C=O) groups is 2. The van der Waals surface area contributed by atoms with E-state index in [9.17, 15) is 14.7 Å². The summed E-state index contributed by atoms with van der Waals surface area (Å²) < 4.78 is 0. The highest BCUT2D eigenvalue weighted by Crippen LogP contribution is 2.15. The van der Waals surface area contributed by atoms with Gasteiger partial charge in [0, 0.05) is 12.5 Å². The first kappa shape index (κ1) is 16.0. The lowest BCUT2D eigenvalue weighted by molar-refractivity contribution is -0.138. The Morgan fingerprint density at radius 3 is 2.40 bits per heavy atom. The molecule has 0 aliphatic rings. The van der Waals surface area contributed by atoms with Crippen molar-refractivity contribution in [2.24, 2.45) is 5.92 Å². The zero-order chi connectivity index (χ0) is 15.1. The Hall–Kier alpha value is -2.10. The molecule has 0 aliphatic heterocycles. The van der Waals surface area contributed by atoms with Crippen LogP contribution in [0.3, 0.4) is 0 Å². The van der Waals surface area contributed by atoms with Gasteiger partial charge in [0.05, 0.1) is 5.92 Å². The Bertz CT molecular complexity index is 482. The predicted octanol–water partition coefficient (Wildman–Crippen LogP) is 2.57. The van der Waals surface area contributed by atoms with Gasteiger partial charge in [0.25, 0.3) is 0 Å². The lowest BCUT2D eigenvalue weighted by Crippen LogP contribution is -2.35. The van der Waals surface area contributed by atoms with Crippen LogP contribution in [0.25, 0.3) is 0 Å². The van der Waals surface area contributed by atoms with Crippen molar-refractivity contribution < 1.29 is 14.7 Å².